The summed E-state index contributed by atoms with van der Waals surface area (Å²) in [5, 5.41) is 8.12. The second-order valence-corrected chi connectivity index (χ2v) is 6.44. The number of rotatable bonds is 3. The lowest BCUT2D eigenvalue weighted by atomic mass is 9.95. The zero-order chi connectivity index (χ0) is 15.8. The molecule has 23 heavy (non-hydrogen) atoms. The van der Waals surface area contributed by atoms with E-state index in [2.05, 4.69) is 34.2 Å². The van der Waals surface area contributed by atoms with E-state index in [1.165, 1.54) is 5.56 Å². The second kappa shape index (κ2) is 5.92. The molecule has 0 radical (unpaired) electrons. The first-order chi connectivity index (χ1) is 11.2. The second-order valence-electron chi connectivity index (χ2n) is 6.44. The Balaban J connectivity index is 1.41. The number of aryl methyl sites for hydroxylation is 1. The largest absolute Gasteiger partial charge is 0.477 e. The molecule has 6 nitrogen and oxygen atoms in total. The van der Waals surface area contributed by atoms with Crippen LogP contribution >= 0.6 is 0 Å². The molecular formula is C17H22N4O2. The lowest BCUT2D eigenvalue weighted by Crippen LogP contribution is -2.35. The van der Waals surface area contributed by atoms with Crippen molar-refractivity contribution in [2.75, 3.05) is 19.7 Å². The molecule has 1 saturated heterocycles. The van der Waals surface area contributed by atoms with Gasteiger partial charge in [-0.25, -0.2) is 4.98 Å². The molecule has 2 aliphatic rings. The lowest BCUT2D eigenvalue weighted by Gasteiger charge is -2.34. The van der Waals surface area contributed by atoms with Crippen molar-refractivity contribution < 1.29 is 9.15 Å². The minimum atomic E-state index is 0.301. The van der Waals surface area contributed by atoms with E-state index in [9.17, 15) is 0 Å². The summed E-state index contributed by atoms with van der Waals surface area (Å²) in [5.41, 5.74) is 2.32. The molecule has 122 valence electrons. The van der Waals surface area contributed by atoms with Crippen molar-refractivity contribution in [2.45, 2.75) is 45.1 Å². The number of nitrogens with zero attached hydrogens (tertiary/aromatic N) is 4. The van der Waals surface area contributed by atoms with Gasteiger partial charge in [0.15, 0.2) is 0 Å². The van der Waals surface area contributed by atoms with Crippen molar-refractivity contribution in [3.63, 3.8) is 0 Å². The Morgan fingerprint density at radius 1 is 1.22 bits per heavy atom. The van der Waals surface area contributed by atoms with Crippen molar-refractivity contribution >= 4 is 0 Å². The maximum atomic E-state index is 5.60. The standard InChI is InChI=1S/C17H22N4O2/c1-11(15-4-3-13-7-10-22-16(13)18-15)21-8-5-14(6-9-21)17-20-19-12(2)23-17/h3-4,11,14H,5-10H2,1-2H3/t11-/m0/s1. The summed E-state index contributed by atoms with van der Waals surface area (Å²) in [6, 6.07) is 4.61. The summed E-state index contributed by atoms with van der Waals surface area (Å²) in [4.78, 5) is 7.18. The van der Waals surface area contributed by atoms with Gasteiger partial charge in [0.05, 0.1) is 12.3 Å². The molecule has 1 atom stereocenters. The molecule has 0 spiro atoms. The monoisotopic (exact) mass is 314 g/mol. The van der Waals surface area contributed by atoms with E-state index >= 15 is 0 Å². The van der Waals surface area contributed by atoms with Crippen LogP contribution in [0, 0.1) is 6.92 Å². The van der Waals surface area contributed by atoms with Gasteiger partial charge in [-0.2, -0.15) is 0 Å². The highest BCUT2D eigenvalue weighted by molar-refractivity contribution is 5.32. The van der Waals surface area contributed by atoms with Crippen molar-refractivity contribution in [2.24, 2.45) is 0 Å². The molecule has 0 aromatic carbocycles. The quantitative estimate of drug-likeness (QED) is 0.868. The van der Waals surface area contributed by atoms with Crippen molar-refractivity contribution in [1.29, 1.82) is 0 Å². The highest BCUT2D eigenvalue weighted by Gasteiger charge is 2.28. The summed E-state index contributed by atoms with van der Waals surface area (Å²) in [7, 11) is 0. The molecule has 0 amide bonds. The highest BCUT2D eigenvalue weighted by atomic mass is 16.5. The molecule has 4 rings (SSSR count). The van der Waals surface area contributed by atoms with Crippen LogP contribution < -0.4 is 4.74 Å². The fourth-order valence-electron chi connectivity index (χ4n) is 3.49. The van der Waals surface area contributed by atoms with E-state index in [-0.39, 0.29) is 0 Å². The minimum absolute atomic E-state index is 0.301. The predicted octanol–water partition coefficient (Wildman–Crippen LogP) is 2.65. The Labute approximate surface area is 135 Å². The van der Waals surface area contributed by atoms with Gasteiger partial charge >= 0.3 is 0 Å². The molecule has 2 aliphatic heterocycles. The molecule has 0 aliphatic carbocycles. The van der Waals surface area contributed by atoms with Crippen LogP contribution in [-0.2, 0) is 6.42 Å². The molecule has 4 heterocycles. The molecule has 1 fully saturated rings. The van der Waals surface area contributed by atoms with E-state index < -0.39 is 0 Å². The topological polar surface area (TPSA) is 64.3 Å². The first-order valence-electron chi connectivity index (χ1n) is 8.37. The van der Waals surface area contributed by atoms with Gasteiger partial charge < -0.3 is 9.15 Å². The molecule has 0 unspecified atom stereocenters. The Morgan fingerprint density at radius 2 is 2.04 bits per heavy atom. The summed E-state index contributed by atoms with van der Waals surface area (Å²) < 4.78 is 11.2. The number of pyridine rings is 1. The maximum Gasteiger partial charge on any atom is 0.219 e. The number of piperidine rings is 1. The summed E-state index contributed by atoms with van der Waals surface area (Å²) >= 11 is 0. The molecular weight excluding hydrogens is 292 g/mol. The van der Waals surface area contributed by atoms with Crippen LogP contribution in [0.1, 0.15) is 54.8 Å². The fraction of sp³-hybridized carbons (Fsp3) is 0.588. The van der Waals surface area contributed by atoms with E-state index in [0.717, 1.165) is 56.4 Å². The fourth-order valence-corrected chi connectivity index (χ4v) is 3.49. The number of fused-ring (bicyclic) bond motifs is 1. The van der Waals surface area contributed by atoms with Crippen LogP contribution in [0.3, 0.4) is 0 Å². The van der Waals surface area contributed by atoms with Crippen molar-refractivity contribution in [3.05, 3.63) is 35.2 Å². The Hall–Kier alpha value is -1.95. The molecule has 0 bridgehead atoms. The Kier molecular flexibility index (Phi) is 3.77. The van der Waals surface area contributed by atoms with Crippen LogP contribution in [0.4, 0.5) is 0 Å². The van der Waals surface area contributed by atoms with Gasteiger partial charge in [0.1, 0.15) is 0 Å². The number of ether oxygens (including phenoxy) is 1. The third kappa shape index (κ3) is 2.83. The van der Waals surface area contributed by atoms with Crippen LogP contribution in [0.2, 0.25) is 0 Å². The van der Waals surface area contributed by atoms with Gasteiger partial charge in [0.2, 0.25) is 17.7 Å². The minimum Gasteiger partial charge on any atom is -0.477 e. The number of likely N-dealkylation sites (tertiary alicyclic amines) is 1. The molecule has 6 heteroatoms. The average Bonchev–Trinajstić information content (AvgIpc) is 3.22. The summed E-state index contributed by atoms with van der Waals surface area (Å²) in [6.07, 6.45) is 3.08. The average molecular weight is 314 g/mol. The van der Waals surface area contributed by atoms with E-state index in [4.69, 9.17) is 14.1 Å². The smallest absolute Gasteiger partial charge is 0.219 e. The van der Waals surface area contributed by atoms with Crippen LogP contribution in [0.15, 0.2) is 16.5 Å². The zero-order valence-corrected chi connectivity index (χ0v) is 13.7. The third-order valence-electron chi connectivity index (χ3n) is 4.97. The molecule has 0 saturated carbocycles. The van der Waals surface area contributed by atoms with E-state index in [1.54, 1.807) is 0 Å². The lowest BCUT2D eigenvalue weighted by molar-refractivity contribution is 0.151. The van der Waals surface area contributed by atoms with E-state index in [1.807, 2.05) is 6.92 Å². The number of aromatic nitrogens is 3. The first kappa shape index (κ1) is 14.6. The van der Waals surface area contributed by atoms with Crippen LogP contribution in [0.5, 0.6) is 5.88 Å². The van der Waals surface area contributed by atoms with Crippen LogP contribution in [-0.4, -0.2) is 39.8 Å². The van der Waals surface area contributed by atoms with Crippen molar-refractivity contribution in [3.8, 4) is 5.88 Å². The summed E-state index contributed by atoms with van der Waals surface area (Å²) in [5.74, 6) is 2.65. The Morgan fingerprint density at radius 3 is 2.78 bits per heavy atom. The normalized spacial score (nSPS) is 20.3. The molecule has 0 N–H and O–H groups in total. The highest BCUT2D eigenvalue weighted by Crippen LogP contribution is 2.32. The number of hydrogen-bond donors (Lipinski definition) is 0. The van der Waals surface area contributed by atoms with Gasteiger partial charge in [-0.05, 0) is 38.9 Å². The Bertz CT molecular complexity index is 692. The number of hydrogen-bond acceptors (Lipinski definition) is 6. The van der Waals surface area contributed by atoms with Gasteiger partial charge in [0, 0.05) is 30.9 Å². The molecule has 2 aromatic heterocycles. The first-order valence-corrected chi connectivity index (χ1v) is 8.37. The van der Waals surface area contributed by atoms with Crippen LogP contribution in [0.25, 0.3) is 0 Å². The molecule has 2 aromatic rings. The SMILES string of the molecule is Cc1nnc(C2CCN([C@@H](C)c3ccc4c(n3)OCC4)CC2)o1. The van der Waals surface area contributed by atoms with Gasteiger partial charge in [0.25, 0.3) is 0 Å². The third-order valence-corrected chi connectivity index (χ3v) is 4.97. The van der Waals surface area contributed by atoms with E-state index in [0.29, 0.717) is 17.9 Å². The van der Waals surface area contributed by atoms with Crippen molar-refractivity contribution in [1.82, 2.24) is 20.1 Å². The zero-order valence-electron chi connectivity index (χ0n) is 13.7. The van der Waals surface area contributed by atoms with Gasteiger partial charge in [-0.3, -0.25) is 4.90 Å². The summed E-state index contributed by atoms with van der Waals surface area (Å²) in [6.45, 7) is 6.87. The maximum absolute atomic E-state index is 5.60. The van der Waals surface area contributed by atoms with Gasteiger partial charge in [-0.1, -0.05) is 6.07 Å². The van der Waals surface area contributed by atoms with Gasteiger partial charge in [-0.15, -0.1) is 10.2 Å². The predicted molar refractivity (Wildman–Crippen MR) is 84.4 cm³/mol.